The molecule has 0 unspecified atom stereocenters. The highest BCUT2D eigenvalue weighted by Crippen LogP contribution is 2.00. The molecule has 4 nitrogen and oxygen atoms in total. The highest BCUT2D eigenvalue weighted by Gasteiger charge is 2.11. The van der Waals surface area contributed by atoms with Crippen molar-refractivity contribution in [3.8, 4) is 0 Å². The van der Waals surface area contributed by atoms with Gasteiger partial charge >= 0.3 is 11.9 Å². The Morgan fingerprint density at radius 2 is 2.29 bits per heavy atom. The minimum Gasteiger partial charge on any atom is -0.389 e. The Labute approximate surface area is 81.9 Å². The maximum Gasteiger partial charge on any atom is 0.347 e. The normalized spacial score (nSPS) is 9.50. The molecule has 0 fully saturated rings. The molecule has 0 aliphatic carbocycles. The van der Waals surface area contributed by atoms with Gasteiger partial charge in [-0.3, -0.25) is 9.78 Å². The van der Waals surface area contributed by atoms with E-state index in [1.165, 1.54) is 18.5 Å². The zero-order valence-electron chi connectivity index (χ0n) is 7.60. The van der Waals surface area contributed by atoms with Gasteiger partial charge in [-0.1, -0.05) is 6.92 Å². The van der Waals surface area contributed by atoms with E-state index >= 15 is 0 Å². The fraction of sp³-hybridized carbons (Fsp3) is 0.200. The summed E-state index contributed by atoms with van der Waals surface area (Å²) in [7, 11) is 0. The molecule has 0 aliphatic heterocycles. The van der Waals surface area contributed by atoms with Gasteiger partial charge in [-0.2, -0.15) is 0 Å². The van der Waals surface area contributed by atoms with Gasteiger partial charge in [0.05, 0.1) is 5.56 Å². The van der Waals surface area contributed by atoms with E-state index in [1.807, 2.05) is 0 Å². The number of ether oxygens (including phenoxy) is 1. The number of esters is 2. The highest BCUT2D eigenvalue weighted by atomic mass is 16.6. The lowest BCUT2D eigenvalue weighted by Crippen LogP contribution is -2.12. The van der Waals surface area contributed by atoms with Crippen molar-refractivity contribution in [1.82, 2.24) is 4.98 Å². The standard InChI is InChI=1S/C10H10NO3/c1-2-4-9(12)14-10(13)8-5-3-6-11-7-8/h3,5-7H,1-2,4H2. The molecule has 0 amide bonds. The Morgan fingerprint density at radius 3 is 2.86 bits per heavy atom. The first-order chi connectivity index (χ1) is 6.74. The van der Waals surface area contributed by atoms with Crippen molar-refractivity contribution in [2.24, 2.45) is 0 Å². The monoisotopic (exact) mass is 192 g/mol. The third-order valence-corrected chi connectivity index (χ3v) is 1.48. The van der Waals surface area contributed by atoms with Gasteiger partial charge in [0.25, 0.3) is 0 Å². The van der Waals surface area contributed by atoms with E-state index in [0.717, 1.165) is 0 Å². The minimum atomic E-state index is -0.670. The second-order valence-electron chi connectivity index (χ2n) is 2.61. The third kappa shape index (κ3) is 2.97. The molecule has 0 saturated heterocycles. The van der Waals surface area contributed by atoms with Crippen LogP contribution in [0.4, 0.5) is 0 Å². The number of pyridine rings is 1. The number of aromatic nitrogens is 1. The Morgan fingerprint density at radius 1 is 1.50 bits per heavy atom. The van der Waals surface area contributed by atoms with Crippen LogP contribution in [0.3, 0.4) is 0 Å². The van der Waals surface area contributed by atoms with E-state index in [4.69, 9.17) is 0 Å². The molecule has 4 heteroatoms. The van der Waals surface area contributed by atoms with E-state index in [1.54, 1.807) is 6.07 Å². The Balaban J connectivity index is 2.55. The SMILES string of the molecule is [CH2]CCC(=O)OC(=O)c1cccnc1. The summed E-state index contributed by atoms with van der Waals surface area (Å²) in [6.45, 7) is 3.48. The topological polar surface area (TPSA) is 56.3 Å². The van der Waals surface area contributed by atoms with E-state index in [0.29, 0.717) is 6.42 Å². The van der Waals surface area contributed by atoms with Crippen LogP contribution in [-0.2, 0) is 9.53 Å². The predicted octanol–water partition coefficient (Wildman–Crippen LogP) is 1.38. The lowest BCUT2D eigenvalue weighted by atomic mass is 10.3. The Bertz CT molecular complexity index is 321. The molecule has 0 saturated carbocycles. The number of hydrogen-bond donors (Lipinski definition) is 0. The fourth-order valence-electron chi connectivity index (χ4n) is 0.841. The van der Waals surface area contributed by atoms with Crippen molar-refractivity contribution in [3.63, 3.8) is 0 Å². The molecule has 0 bridgehead atoms. The van der Waals surface area contributed by atoms with Gasteiger partial charge in [0.1, 0.15) is 0 Å². The van der Waals surface area contributed by atoms with Crippen LogP contribution in [0.15, 0.2) is 24.5 Å². The van der Waals surface area contributed by atoms with Crippen molar-refractivity contribution in [2.45, 2.75) is 12.8 Å². The van der Waals surface area contributed by atoms with Crippen molar-refractivity contribution in [3.05, 3.63) is 37.0 Å². The Hall–Kier alpha value is -1.71. The summed E-state index contributed by atoms with van der Waals surface area (Å²) in [4.78, 5) is 25.9. The molecule has 1 aromatic rings. The Kier molecular flexibility index (Phi) is 3.79. The van der Waals surface area contributed by atoms with Crippen LogP contribution in [0.1, 0.15) is 23.2 Å². The van der Waals surface area contributed by atoms with Gasteiger partial charge in [-0.05, 0) is 18.6 Å². The molecule has 0 spiro atoms. The summed E-state index contributed by atoms with van der Waals surface area (Å²) in [6.07, 6.45) is 3.44. The first-order valence-electron chi connectivity index (χ1n) is 4.18. The van der Waals surface area contributed by atoms with Gasteiger partial charge in [0.15, 0.2) is 0 Å². The van der Waals surface area contributed by atoms with Gasteiger partial charge in [0, 0.05) is 18.8 Å². The van der Waals surface area contributed by atoms with Crippen molar-refractivity contribution in [1.29, 1.82) is 0 Å². The number of carbonyl (C=O) groups excluding carboxylic acids is 2. The average molecular weight is 192 g/mol. The molecule has 73 valence electrons. The van der Waals surface area contributed by atoms with E-state index in [9.17, 15) is 9.59 Å². The largest absolute Gasteiger partial charge is 0.389 e. The van der Waals surface area contributed by atoms with Crippen LogP contribution in [0, 0.1) is 6.92 Å². The maximum atomic E-state index is 11.2. The predicted molar refractivity (Wildman–Crippen MR) is 49.3 cm³/mol. The first-order valence-corrected chi connectivity index (χ1v) is 4.18. The molecule has 1 rings (SSSR count). The van der Waals surface area contributed by atoms with E-state index in [2.05, 4.69) is 16.6 Å². The van der Waals surface area contributed by atoms with Crippen molar-refractivity contribution in [2.75, 3.05) is 0 Å². The second-order valence-corrected chi connectivity index (χ2v) is 2.61. The molecule has 1 radical (unpaired) electrons. The molecule has 0 aliphatic rings. The van der Waals surface area contributed by atoms with Crippen molar-refractivity contribution < 1.29 is 14.3 Å². The average Bonchev–Trinajstić information content (AvgIpc) is 2.19. The summed E-state index contributed by atoms with van der Waals surface area (Å²) >= 11 is 0. The quantitative estimate of drug-likeness (QED) is 0.536. The molecular formula is C10H10NO3. The maximum absolute atomic E-state index is 11.2. The fourth-order valence-corrected chi connectivity index (χ4v) is 0.841. The van der Waals surface area contributed by atoms with Crippen LogP contribution in [0.5, 0.6) is 0 Å². The lowest BCUT2D eigenvalue weighted by molar-refractivity contribution is -0.137. The molecule has 0 N–H and O–H groups in total. The number of nitrogens with zero attached hydrogens (tertiary/aromatic N) is 1. The summed E-state index contributed by atoms with van der Waals surface area (Å²) < 4.78 is 4.52. The van der Waals surface area contributed by atoms with Crippen LogP contribution >= 0.6 is 0 Å². The summed E-state index contributed by atoms with van der Waals surface area (Å²) in [6, 6.07) is 3.13. The second kappa shape index (κ2) is 5.11. The highest BCUT2D eigenvalue weighted by molar-refractivity contribution is 5.96. The molecule has 14 heavy (non-hydrogen) atoms. The molecule has 0 aromatic carbocycles. The summed E-state index contributed by atoms with van der Waals surface area (Å²) in [5, 5.41) is 0. The van der Waals surface area contributed by atoms with E-state index < -0.39 is 11.9 Å². The van der Waals surface area contributed by atoms with Gasteiger partial charge in [-0.25, -0.2) is 4.79 Å². The minimum absolute atomic E-state index is 0.145. The molecule has 1 heterocycles. The van der Waals surface area contributed by atoms with Gasteiger partial charge < -0.3 is 4.74 Å². The zero-order chi connectivity index (χ0) is 10.4. The first kappa shape index (κ1) is 10.4. The van der Waals surface area contributed by atoms with Crippen LogP contribution in [-0.4, -0.2) is 16.9 Å². The number of rotatable bonds is 3. The molecular weight excluding hydrogens is 182 g/mol. The van der Waals surface area contributed by atoms with Crippen LogP contribution < -0.4 is 0 Å². The number of hydrogen-bond acceptors (Lipinski definition) is 4. The van der Waals surface area contributed by atoms with Crippen LogP contribution in [0.2, 0.25) is 0 Å². The molecule has 0 atom stereocenters. The lowest BCUT2D eigenvalue weighted by Gasteiger charge is -2.00. The van der Waals surface area contributed by atoms with Crippen LogP contribution in [0.25, 0.3) is 0 Å². The van der Waals surface area contributed by atoms with Gasteiger partial charge in [0.2, 0.25) is 0 Å². The van der Waals surface area contributed by atoms with E-state index in [-0.39, 0.29) is 12.0 Å². The smallest absolute Gasteiger partial charge is 0.347 e. The third-order valence-electron chi connectivity index (χ3n) is 1.48. The summed E-state index contributed by atoms with van der Waals surface area (Å²) in [5.41, 5.74) is 0.268. The summed E-state index contributed by atoms with van der Waals surface area (Å²) in [5.74, 6) is -1.23. The molecule has 1 aromatic heterocycles. The van der Waals surface area contributed by atoms with Crippen molar-refractivity contribution >= 4 is 11.9 Å². The zero-order valence-corrected chi connectivity index (χ0v) is 7.60. The number of carbonyl (C=O) groups is 2. The van der Waals surface area contributed by atoms with Gasteiger partial charge in [-0.15, -0.1) is 0 Å².